The first kappa shape index (κ1) is 34.9. The van der Waals surface area contributed by atoms with Gasteiger partial charge in [-0.15, -0.1) is 0 Å². The summed E-state index contributed by atoms with van der Waals surface area (Å²) in [6.07, 6.45) is -2.14. The molecule has 0 bridgehead atoms. The number of nitrogens with zero attached hydrogens (tertiary/aromatic N) is 2. The quantitative estimate of drug-likeness (QED) is 0.0549. The van der Waals surface area contributed by atoms with Crippen LogP contribution in [0.5, 0.6) is 23.0 Å². The first-order chi connectivity index (χ1) is 21.8. The van der Waals surface area contributed by atoms with E-state index >= 15 is 0 Å². The average molecular weight is 731 g/mol. The minimum Gasteiger partial charge on any atom is -0.456 e. The minimum atomic E-state index is -2.85. The van der Waals surface area contributed by atoms with Crippen LogP contribution in [0.15, 0.2) is 72.8 Å². The van der Waals surface area contributed by atoms with E-state index in [0.29, 0.717) is 10.0 Å². The summed E-state index contributed by atoms with van der Waals surface area (Å²) in [5.41, 5.74) is -0.651. The largest absolute Gasteiger partial charge is 0.701 e. The molecule has 240 valence electrons. The van der Waals surface area contributed by atoms with Gasteiger partial charge in [-0.2, -0.15) is 0 Å². The third kappa shape index (κ3) is 9.54. The molecule has 0 fully saturated rings. The van der Waals surface area contributed by atoms with Crippen LogP contribution < -0.4 is 20.1 Å². The third-order valence-corrected chi connectivity index (χ3v) is 7.82. The molecule has 4 rings (SSSR count). The molecule has 2 unspecified atom stereocenters. The Bertz CT molecular complexity index is 1670. The second-order valence-electron chi connectivity index (χ2n) is 9.23. The number of nitrogens with one attached hydrogen (secondary N) is 2. The van der Waals surface area contributed by atoms with E-state index in [2.05, 4.69) is 10.6 Å². The van der Waals surface area contributed by atoms with Crippen molar-refractivity contribution in [1.82, 2.24) is 0 Å². The molecule has 0 saturated carbocycles. The molecule has 2 atom stereocenters. The first-order valence-corrected chi connectivity index (χ1v) is 15.6. The topological polar surface area (TPSA) is 164 Å². The average Bonchev–Trinajstić information content (AvgIpc) is 2.95. The van der Waals surface area contributed by atoms with Gasteiger partial charge in [-0.25, -0.2) is 0 Å². The molecule has 0 spiro atoms. The Hall–Kier alpha value is -3.94. The lowest BCUT2D eigenvalue weighted by atomic mass is 10.2. The number of anilines is 2. The van der Waals surface area contributed by atoms with Crippen molar-refractivity contribution in [1.29, 1.82) is 0 Å². The van der Waals surface area contributed by atoms with Crippen LogP contribution >= 0.6 is 54.7 Å². The van der Waals surface area contributed by atoms with Crippen molar-refractivity contribution in [2.75, 3.05) is 10.6 Å². The van der Waals surface area contributed by atoms with Crippen molar-refractivity contribution >= 4 is 77.4 Å². The summed E-state index contributed by atoms with van der Waals surface area (Å²) < 4.78 is 34.8. The third-order valence-electron chi connectivity index (χ3n) is 5.78. The maximum absolute atomic E-state index is 12.7. The van der Waals surface area contributed by atoms with E-state index in [4.69, 9.17) is 64.9 Å². The zero-order valence-electron chi connectivity index (χ0n) is 23.6. The molecule has 0 radical (unpaired) electrons. The van der Waals surface area contributed by atoms with Crippen LogP contribution in [0.3, 0.4) is 0 Å². The normalized spacial score (nSPS) is 12.5. The van der Waals surface area contributed by atoms with Gasteiger partial charge >= 0.3 is 8.25 Å². The summed E-state index contributed by atoms with van der Waals surface area (Å²) in [5, 5.41) is 30.0. The Labute approximate surface area is 282 Å². The lowest BCUT2D eigenvalue weighted by molar-refractivity contribution is -0.384. The van der Waals surface area contributed by atoms with Crippen LogP contribution in [0.25, 0.3) is 0 Å². The number of nitro benzene ring substituents is 2. The Balaban J connectivity index is 1.41. The van der Waals surface area contributed by atoms with Crippen molar-refractivity contribution in [2.24, 2.45) is 0 Å². The highest BCUT2D eigenvalue weighted by Gasteiger charge is 2.30. The molecule has 18 heteroatoms. The molecule has 0 amide bonds. The number of hydrogen-bond acceptors (Lipinski definition) is 11. The summed E-state index contributed by atoms with van der Waals surface area (Å²) >= 11 is 24.1. The maximum Gasteiger partial charge on any atom is 0.701 e. The van der Waals surface area contributed by atoms with Gasteiger partial charge in [-0.1, -0.05) is 55.5 Å². The SMILES string of the molecule is CC(Nc1cc(Oc2ccc(Cl)cc2Cl)ccc1[N+](=O)[O-])O[P+](=O)OC(C)Nc1cc(Oc2ccc(Cl)cc2Cl)ccc1[N+](=O)[O-]. The lowest BCUT2D eigenvalue weighted by Gasteiger charge is -2.14. The van der Waals surface area contributed by atoms with Crippen LogP contribution in [0.2, 0.25) is 20.1 Å². The Morgan fingerprint density at radius 3 is 1.39 bits per heavy atom. The van der Waals surface area contributed by atoms with Gasteiger partial charge in [0.1, 0.15) is 34.4 Å². The molecule has 0 saturated heterocycles. The molecular formula is C28H22Cl4N4O9P+. The molecule has 13 nitrogen and oxygen atoms in total. The van der Waals surface area contributed by atoms with Gasteiger partial charge in [0, 0.05) is 38.9 Å². The number of hydrogen-bond donors (Lipinski definition) is 2. The maximum atomic E-state index is 12.7. The number of benzene rings is 4. The van der Waals surface area contributed by atoms with Crippen LogP contribution in [-0.2, 0) is 13.6 Å². The van der Waals surface area contributed by atoms with Crippen LogP contribution in [0.1, 0.15) is 13.8 Å². The van der Waals surface area contributed by atoms with E-state index in [0.717, 1.165) is 0 Å². The monoisotopic (exact) mass is 729 g/mol. The molecule has 0 aliphatic rings. The van der Waals surface area contributed by atoms with Gasteiger partial charge in [0.2, 0.25) is 0 Å². The highest BCUT2D eigenvalue weighted by Crippen LogP contribution is 2.38. The van der Waals surface area contributed by atoms with E-state index in [1.165, 1.54) is 74.5 Å². The molecule has 0 aromatic heterocycles. The van der Waals surface area contributed by atoms with Gasteiger partial charge in [0.05, 0.1) is 19.9 Å². The fourth-order valence-electron chi connectivity index (χ4n) is 3.85. The second kappa shape index (κ2) is 15.6. The highest BCUT2D eigenvalue weighted by atomic mass is 35.5. The smallest absolute Gasteiger partial charge is 0.456 e. The Morgan fingerprint density at radius 2 is 1.04 bits per heavy atom. The summed E-state index contributed by atoms with van der Waals surface area (Å²) in [6, 6.07) is 17.0. The molecule has 0 heterocycles. The van der Waals surface area contributed by atoms with Gasteiger partial charge in [0.25, 0.3) is 11.4 Å². The van der Waals surface area contributed by atoms with Gasteiger partial charge in [-0.3, -0.25) is 20.2 Å². The summed E-state index contributed by atoms with van der Waals surface area (Å²) in [5.74, 6) is 0.932. The Kier molecular flexibility index (Phi) is 11.8. The fraction of sp³-hybridized carbons (Fsp3) is 0.143. The minimum absolute atomic E-state index is 0.0112. The van der Waals surface area contributed by atoms with E-state index in [1.807, 2.05) is 0 Å². The van der Waals surface area contributed by atoms with E-state index in [-0.39, 0.29) is 55.8 Å². The zero-order valence-corrected chi connectivity index (χ0v) is 27.5. The van der Waals surface area contributed by atoms with Gasteiger partial charge < -0.3 is 20.1 Å². The highest BCUT2D eigenvalue weighted by molar-refractivity contribution is 7.33. The van der Waals surface area contributed by atoms with Gasteiger partial charge in [-0.05, 0) is 62.4 Å². The van der Waals surface area contributed by atoms with E-state index < -0.39 is 30.6 Å². The summed E-state index contributed by atoms with van der Waals surface area (Å²) in [7, 11) is -2.85. The number of halogens is 4. The van der Waals surface area contributed by atoms with Crippen molar-refractivity contribution in [2.45, 2.75) is 26.3 Å². The van der Waals surface area contributed by atoms with Crippen LogP contribution in [0, 0.1) is 20.2 Å². The Morgan fingerprint density at radius 1 is 0.652 bits per heavy atom. The van der Waals surface area contributed by atoms with Crippen molar-refractivity contribution in [3.05, 3.63) is 113 Å². The number of ether oxygens (including phenoxy) is 2. The molecule has 0 aliphatic carbocycles. The lowest BCUT2D eigenvalue weighted by Crippen LogP contribution is -2.20. The standard InChI is InChI=1S/C28H22Cl4N4O9P/c1-15(33-23-13-19(5-7-25(23)35(37)38)42-27-9-3-17(29)11-21(27)31)44-46(41)45-16(2)34-24-14-20(6-8-26(24)36(39)40)43-28-10-4-18(30)12-22(28)32/h3-16,33-34H,1-2H3/q+1. The van der Waals surface area contributed by atoms with Gasteiger partial charge in [0.15, 0.2) is 12.5 Å². The zero-order chi connectivity index (χ0) is 33.5. The van der Waals surface area contributed by atoms with Crippen molar-refractivity contribution < 1.29 is 32.9 Å². The van der Waals surface area contributed by atoms with Crippen LogP contribution in [0.4, 0.5) is 22.7 Å². The summed E-state index contributed by atoms with van der Waals surface area (Å²) in [4.78, 5) is 22.0. The van der Waals surface area contributed by atoms with Crippen LogP contribution in [-0.4, -0.2) is 22.3 Å². The predicted octanol–water partition coefficient (Wildman–Crippen LogP) is 10.6. The second-order valence-corrected chi connectivity index (χ2v) is 11.8. The number of rotatable bonds is 14. The number of nitro groups is 2. The van der Waals surface area contributed by atoms with E-state index in [1.54, 1.807) is 12.1 Å². The van der Waals surface area contributed by atoms with Crippen molar-refractivity contribution in [3.63, 3.8) is 0 Å². The van der Waals surface area contributed by atoms with E-state index in [9.17, 15) is 24.8 Å². The van der Waals surface area contributed by atoms with Crippen molar-refractivity contribution in [3.8, 4) is 23.0 Å². The first-order valence-electron chi connectivity index (χ1n) is 13.0. The molecule has 0 aliphatic heterocycles. The molecule has 4 aromatic carbocycles. The molecule has 46 heavy (non-hydrogen) atoms. The molecular weight excluding hydrogens is 709 g/mol. The fourth-order valence-corrected chi connectivity index (χ4v) is 5.42. The molecule has 4 aromatic rings. The predicted molar refractivity (Wildman–Crippen MR) is 175 cm³/mol. The molecule has 2 N–H and O–H groups in total. The summed E-state index contributed by atoms with van der Waals surface area (Å²) in [6.45, 7) is 2.88.